The molecule has 104 valence electrons. The summed E-state index contributed by atoms with van der Waals surface area (Å²) in [4.78, 5) is 11.7. The number of amides is 1. The predicted molar refractivity (Wildman–Crippen MR) is 74.9 cm³/mol. The third kappa shape index (κ3) is 3.07. The highest BCUT2D eigenvalue weighted by Crippen LogP contribution is 2.28. The zero-order valence-electron chi connectivity index (χ0n) is 11.6. The van der Waals surface area contributed by atoms with Gasteiger partial charge in [-0.1, -0.05) is 25.0 Å². The molecule has 0 heterocycles. The molecule has 0 spiro atoms. The zero-order valence-corrected chi connectivity index (χ0v) is 11.6. The zero-order chi connectivity index (χ0) is 14.0. The molecular formula is C15H22N2O2. The van der Waals surface area contributed by atoms with Gasteiger partial charge in [0.05, 0.1) is 0 Å². The van der Waals surface area contributed by atoms with Crippen molar-refractivity contribution in [1.29, 1.82) is 0 Å². The molecule has 19 heavy (non-hydrogen) atoms. The summed E-state index contributed by atoms with van der Waals surface area (Å²) >= 11 is 0. The Morgan fingerprint density at radius 1 is 1.32 bits per heavy atom. The second-order valence-electron chi connectivity index (χ2n) is 5.49. The van der Waals surface area contributed by atoms with Crippen LogP contribution in [-0.2, 0) is 4.79 Å². The maximum Gasteiger partial charge on any atom is 0.239 e. The van der Waals surface area contributed by atoms with Crippen LogP contribution in [0.5, 0.6) is 5.75 Å². The van der Waals surface area contributed by atoms with E-state index in [0.717, 1.165) is 29.5 Å². The van der Waals surface area contributed by atoms with Gasteiger partial charge < -0.3 is 10.8 Å². The fourth-order valence-electron chi connectivity index (χ4n) is 2.83. The number of carbonyl (C=O) groups is 1. The van der Waals surface area contributed by atoms with Gasteiger partial charge in [0.2, 0.25) is 5.91 Å². The summed E-state index contributed by atoms with van der Waals surface area (Å²) in [6, 6.07) is 3.56. The number of phenolic OH excluding ortho intramolecular Hbond substituents is 1. The highest BCUT2D eigenvalue weighted by molar-refractivity contribution is 5.81. The van der Waals surface area contributed by atoms with Gasteiger partial charge in [0.25, 0.3) is 0 Å². The molecule has 0 aromatic heterocycles. The van der Waals surface area contributed by atoms with Crippen LogP contribution in [0.25, 0.3) is 0 Å². The minimum absolute atomic E-state index is 0.285. The van der Waals surface area contributed by atoms with Crippen LogP contribution in [-0.4, -0.2) is 17.1 Å². The van der Waals surface area contributed by atoms with E-state index in [0.29, 0.717) is 6.04 Å². The number of nitrogens with two attached hydrogens (primary N) is 1. The van der Waals surface area contributed by atoms with Gasteiger partial charge in [-0.3, -0.25) is 10.1 Å². The van der Waals surface area contributed by atoms with Crippen molar-refractivity contribution in [2.75, 3.05) is 0 Å². The second-order valence-corrected chi connectivity index (χ2v) is 5.49. The van der Waals surface area contributed by atoms with Crippen LogP contribution in [0.4, 0.5) is 0 Å². The lowest BCUT2D eigenvalue weighted by molar-refractivity contribution is -0.120. The highest BCUT2D eigenvalue weighted by atomic mass is 16.3. The Balaban J connectivity index is 2.25. The van der Waals surface area contributed by atoms with Gasteiger partial charge in [0, 0.05) is 6.04 Å². The van der Waals surface area contributed by atoms with Gasteiger partial charge in [-0.25, -0.2) is 0 Å². The number of benzene rings is 1. The summed E-state index contributed by atoms with van der Waals surface area (Å²) in [7, 11) is 0. The van der Waals surface area contributed by atoms with Crippen molar-refractivity contribution in [3.63, 3.8) is 0 Å². The van der Waals surface area contributed by atoms with Crippen molar-refractivity contribution < 1.29 is 9.90 Å². The normalized spacial score (nSPS) is 17.6. The number of aromatic hydroxyl groups is 1. The molecular weight excluding hydrogens is 240 g/mol. The third-order valence-electron chi connectivity index (χ3n) is 3.89. The first kappa shape index (κ1) is 13.9. The largest absolute Gasteiger partial charge is 0.507 e. The van der Waals surface area contributed by atoms with Crippen LogP contribution in [0.2, 0.25) is 0 Å². The summed E-state index contributed by atoms with van der Waals surface area (Å²) in [6.07, 6.45) is 4.60. The molecule has 1 saturated carbocycles. The molecule has 0 aliphatic heterocycles. The first-order valence-corrected chi connectivity index (χ1v) is 6.84. The summed E-state index contributed by atoms with van der Waals surface area (Å²) < 4.78 is 0. The van der Waals surface area contributed by atoms with Gasteiger partial charge >= 0.3 is 0 Å². The molecule has 1 amide bonds. The van der Waals surface area contributed by atoms with Crippen molar-refractivity contribution >= 4 is 5.91 Å². The first-order valence-electron chi connectivity index (χ1n) is 6.84. The molecule has 4 heteroatoms. The number of primary amides is 1. The number of hydrogen-bond donors (Lipinski definition) is 3. The molecule has 1 atom stereocenters. The Labute approximate surface area is 114 Å². The van der Waals surface area contributed by atoms with E-state index in [1.54, 1.807) is 0 Å². The molecule has 0 radical (unpaired) electrons. The lowest BCUT2D eigenvalue weighted by Gasteiger charge is -2.21. The van der Waals surface area contributed by atoms with Crippen LogP contribution < -0.4 is 11.1 Å². The molecule has 2 rings (SSSR count). The van der Waals surface area contributed by atoms with E-state index in [1.165, 1.54) is 12.8 Å². The van der Waals surface area contributed by atoms with Crippen LogP contribution in [0.3, 0.4) is 0 Å². The SMILES string of the molecule is Cc1cc(C(NC2CCCC2)C(N)=O)cc(C)c1O. The maximum atomic E-state index is 11.7. The quantitative estimate of drug-likeness (QED) is 0.777. The molecule has 0 bridgehead atoms. The number of nitrogens with one attached hydrogen (secondary N) is 1. The molecule has 1 aromatic rings. The summed E-state index contributed by atoms with van der Waals surface area (Å²) in [5, 5.41) is 13.1. The van der Waals surface area contributed by atoms with E-state index >= 15 is 0 Å². The number of phenols is 1. The van der Waals surface area contributed by atoms with Crippen molar-refractivity contribution in [3.8, 4) is 5.75 Å². The molecule has 1 aromatic carbocycles. The molecule has 1 fully saturated rings. The monoisotopic (exact) mass is 262 g/mol. The van der Waals surface area contributed by atoms with Gasteiger partial charge in [0.15, 0.2) is 0 Å². The van der Waals surface area contributed by atoms with Gasteiger partial charge in [-0.05, 0) is 43.4 Å². The smallest absolute Gasteiger partial charge is 0.239 e. The Hall–Kier alpha value is -1.55. The molecule has 1 aliphatic rings. The lowest BCUT2D eigenvalue weighted by atomic mass is 9.99. The molecule has 0 saturated heterocycles. The standard InChI is InChI=1S/C15H22N2O2/c1-9-7-11(8-10(2)14(9)18)13(15(16)19)17-12-5-3-4-6-12/h7-8,12-13,17-18H,3-6H2,1-2H3,(H2,16,19). The van der Waals surface area contributed by atoms with Crippen molar-refractivity contribution in [2.45, 2.75) is 51.6 Å². The predicted octanol–water partition coefficient (Wildman–Crippen LogP) is 2.07. The molecule has 1 aliphatic carbocycles. The second kappa shape index (κ2) is 5.61. The average Bonchev–Trinajstić information content (AvgIpc) is 2.85. The first-order chi connectivity index (χ1) is 8.99. The molecule has 4 N–H and O–H groups in total. The van der Waals surface area contributed by atoms with Crippen LogP contribution in [0, 0.1) is 13.8 Å². The average molecular weight is 262 g/mol. The Morgan fingerprint density at radius 2 is 1.84 bits per heavy atom. The summed E-state index contributed by atoms with van der Waals surface area (Å²) in [5.74, 6) is -0.0794. The van der Waals surface area contributed by atoms with Crippen LogP contribution >= 0.6 is 0 Å². The van der Waals surface area contributed by atoms with Crippen molar-refractivity contribution in [2.24, 2.45) is 5.73 Å². The van der Waals surface area contributed by atoms with Crippen LogP contribution in [0.1, 0.15) is 48.4 Å². The number of rotatable bonds is 4. The lowest BCUT2D eigenvalue weighted by Crippen LogP contribution is -2.38. The third-order valence-corrected chi connectivity index (χ3v) is 3.89. The number of carbonyl (C=O) groups excluding carboxylic acids is 1. The Bertz CT molecular complexity index is 456. The van der Waals surface area contributed by atoms with Crippen molar-refractivity contribution in [1.82, 2.24) is 5.32 Å². The van der Waals surface area contributed by atoms with Gasteiger partial charge in [-0.2, -0.15) is 0 Å². The van der Waals surface area contributed by atoms with E-state index in [1.807, 2.05) is 26.0 Å². The van der Waals surface area contributed by atoms with Gasteiger partial charge in [-0.15, -0.1) is 0 Å². The van der Waals surface area contributed by atoms with E-state index in [-0.39, 0.29) is 11.7 Å². The van der Waals surface area contributed by atoms with Crippen molar-refractivity contribution in [3.05, 3.63) is 28.8 Å². The van der Waals surface area contributed by atoms with E-state index in [9.17, 15) is 9.90 Å². The molecule has 1 unspecified atom stereocenters. The van der Waals surface area contributed by atoms with E-state index in [4.69, 9.17) is 5.73 Å². The van der Waals surface area contributed by atoms with Gasteiger partial charge in [0.1, 0.15) is 11.8 Å². The molecule has 4 nitrogen and oxygen atoms in total. The maximum absolute atomic E-state index is 11.7. The highest BCUT2D eigenvalue weighted by Gasteiger charge is 2.24. The fourth-order valence-corrected chi connectivity index (χ4v) is 2.83. The minimum Gasteiger partial charge on any atom is -0.507 e. The van der Waals surface area contributed by atoms with E-state index in [2.05, 4.69) is 5.32 Å². The Morgan fingerprint density at radius 3 is 2.32 bits per heavy atom. The van der Waals surface area contributed by atoms with Crippen LogP contribution in [0.15, 0.2) is 12.1 Å². The van der Waals surface area contributed by atoms with E-state index < -0.39 is 6.04 Å². The number of aryl methyl sites for hydroxylation is 2. The number of hydrogen-bond acceptors (Lipinski definition) is 3. The topological polar surface area (TPSA) is 75.3 Å². The minimum atomic E-state index is -0.471. The summed E-state index contributed by atoms with van der Waals surface area (Å²) in [6.45, 7) is 3.67. The summed E-state index contributed by atoms with van der Waals surface area (Å²) in [5.41, 5.74) is 7.91. The Kier molecular flexibility index (Phi) is 4.10. The fraction of sp³-hybridized carbons (Fsp3) is 0.533.